The molecule has 156 valence electrons. The molecule has 3 heterocycles. The number of hydrogen-bond acceptors (Lipinski definition) is 4. The number of nitrogens with one attached hydrogen (secondary N) is 1. The van der Waals surface area contributed by atoms with Crippen LogP contribution in [-0.4, -0.2) is 39.5 Å². The minimum atomic E-state index is -0.498. The van der Waals surface area contributed by atoms with Crippen LogP contribution in [0.15, 0.2) is 18.2 Å². The Hall–Kier alpha value is -2.34. The highest BCUT2D eigenvalue weighted by atomic mass is 16.6. The second-order valence-corrected chi connectivity index (χ2v) is 9.49. The number of rotatable bonds is 2. The topological polar surface area (TPSA) is 59.4 Å². The van der Waals surface area contributed by atoms with Gasteiger partial charge in [0.2, 0.25) is 0 Å². The van der Waals surface area contributed by atoms with E-state index in [2.05, 4.69) is 49.0 Å². The summed E-state index contributed by atoms with van der Waals surface area (Å²) in [5, 5.41) is 8.39. The monoisotopic (exact) mass is 396 g/mol. The van der Waals surface area contributed by atoms with E-state index in [0.29, 0.717) is 12.5 Å². The van der Waals surface area contributed by atoms with Crippen LogP contribution in [0.4, 0.5) is 4.79 Å². The summed E-state index contributed by atoms with van der Waals surface area (Å²) in [6.45, 7) is 14.4. The van der Waals surface area contributed by atoms with Gasteiger partial charge >= 0.3 is 6.09 Å². The maximum absolute atomic E-state index is 12.8. The summed E-state index contributed by atoms with van der Waals surface area (Å²) < 4.78 is 7.77. The number of ether oxygens (including phenoxy) is 1. The molecule has 2 aliphatic rings. The standard InChI is InChI=1S/C23H32N4O2/c1-14(2)16-7-8-18(15(3)11-16)27-19-9-10-26(22(28)29-23(4,5)6)20-13-24-12-17(25-27)21(19)20/h7-8,11,14,20,24H,9-10,12-13H2,1-6H3/t20-/m0/s1. The third kappa shape index (κ3) is 3.66. The predicted molar refractivity (Wildman–Crippen MR) is 113 cm³/mol. The van der Waals surface area contributed by atoms with Gasteiger partial charge in [0.05, 0.1) is 23.1 Å². The molecule has 1 atom stereocenters. The smallest absolute Gasteiger partial charge is 0.410 e. The second-order valence-electron chi connectivity index (χ2n) is 9.49. The summed E-state index contributed by atoms with van der Waals surface area (Å²) in [4.78, 5) is 14.7. The molecule has 0 unspecified atom stereocenters. The Bertz CT molecular complexity index is 939. The fourth-order valence-electron chi connectivity index (χ4n) is 4.36. The first-order valence-electron chi connectivity index (χ1n) is 10.6. The normalized spacial score (nSPS) is 18.7. The maximum atomic E-state index is 12.8. The summed E-state index contributed by atoms with van der Waals surface area (Å²) in [7, 11) is 0. The van der Waals surface area contributed by atoms with Gasteiger partial charge < -0.3 is 10.1 Å². The summed E-state index contributed by atoms with van der Waals surface area (Å²) in [6, 6.07) is 6.62. The highest BCUT2D eigenvalue weighted by molar-refractivity contribution is 5.70. The summed E-state index contributed by atoms with van der Waals surface area (Å²) in [6.07, 6.45) is 0.539. The number of aryl methyl sites for hydroxylation is 1. The first-order valence-corrected chi connectivity index (χ1v) is 10.6. The van der Waals surface area contributed by atoms with Crippen molar-refractivity contribution in [2.75, 3.05) is 13.1 Å². The number of hydrogen-bond donors (Lipinski definition) is 1. The Morgan fingerprint density at radius 1 is 1.31 bits per heavy atom. The summed E-state index contributed by atoms with van der Waals surface area (Å²) in [5.41, 5.74) is 6.67. The molecule has 0 saturated carbocycles. The van der Waals surface area contributed by atoms with Crippen LogP contribution in [0.25, 0.3) is 5.69 Å². The van der Waals surface area contributed by atoms with Crippen LogP contribution in [-0.2, 0) is 17.7 Å². The predicted octanol–water partition coefficient (Wildman–Crippen LogP) is 4.24. The molecule has 29 heavy (non-hydrogen) atoms. The minimum absolute atomic E-state index is 0.0265. The molecular weight excluding hydrogens is 364 g/mol. The van der Waals surface area contributed by atoms with E-state index in [1.54, 1.807) is 0 Å². The lowest BCUT2D eigenvalue weighted by Gasteiger charge is -2.39. The highest BCUT2D eigenvalue weighted by Crippen LogP contribution is 2.37. The van der Waals surface area contributed by atoms with Crippen molar-refractivity contribution in [3.8, 4) is 5.69 Å². The second kappa shape index (κ2) is 7.17. The van der Waals surface area contributed by atoms with Crippen LogP contribution in [0.2, 0.25) is 0 Å². The van der Waals surface area contributed by atoms with Gasteiger partial charge in [0.25, 0.3) is 0 Å². The Morgan fingerprint density at radius 3 is 2.72 bits per heavy atom. The molecule has 0 fully saturated rings. The Kier molecular flexibility index (Phi) is 4.93. The average Bonchev–Trinajstić information content (AvgIpc) is 3.00. The minimum Gasteiger partial charge on any atom is -0.444 e. The van der Waals surface area contributed by atoms with E-state index >= 15 is 0 Å². The number of nitrogens with zero attached hydrogens (tertiary/aromatic N) is 3. The number of carbonyl (C=O) groups excluding carboxylic acids is 1. The van der Waals surface area contributed by atoms with Gasteiger partial charge in [-0.3, -0.25) is 4.90 Å². The van der Waals surface area contributed by atoms with Crippen molar-refractivity contribution in [3.63, 3.8) is 0 Å². The lowest BCUT2D eigenvalue weighted by Crippen LogP contribution is -2.48. The van der Waals surface area contributed by atoms with Crippen molar-refractivity contribution in [2.45, 2.75) is 72.1 Å². The molecule has 0 saturated heterocycles. The summed E-state index contributed by atoms with van der Waals surface area (Å²) in [5.74, 6) is 0.503. The van der Waals surface area contributed by atoms with Gasteiger partial charge in [-0.25, -0.2) is 9.48 Å². The molecule has 1 aromatic carbocycles. The van der Waals surface area contributed by atoms with Crippen molar-refractivity contribution in [2.24, 2.45) is 0 Å². The van der Waals surface area contributed by atoms with Crippen LogP contribution in [0.5, 0.6) is 0 Å². The molecule has 4 rings (SSSR count). The number of aromatic nitrogens is 2. The van der Waals surface area contributed by atoms with Crippen molar-refractivity contribution < 1.29 is 9.53 Å². The molecule has 0 spiro atoms. The zero-order chi connectivity index (χ0) is 20.9. The van der Waals surface area contributed by atoms with Crippen LogP contribution in [0, 0.1) is 6.92 Å². The fraction of sp³-hybridized carbons (Fsp3) is 0.565. The van der Waals surface area contributed by atoms with Crippen molar-refractivity contribution >= 4 is 6.09 Å². The van der Waals surface area contributed by atoms with Crippen molar-refractivity contribution in [1.29, 1.82) is 0 Å². The highest BCUT2D eigenvalue weighted by Gasteiger charge is 2.39. The Morgan fingerprint density at radius 2 is 2.07 bits per heavy atom. The van der Waals surface area contributed by atoms with Crippen molar-refractivity contribution in [1.82, 2.24) is 20.0 Å². The SMILES string of the molecule is Cc1cc(C(C)C)ccc1-n1nc2c3c1CCN(C(=O)OC(C)(C)C)[C@H]3CNC2. The van der Waals surface area contributed by atoms with Gasteiger partial charge in [0.1, 0.15) is 5.60 Å². The number of benzene rings is 1. The zero-order valence-corrected chi connectivity index (χ0v) is 18.4. The molecule has 1 aromatic heterocycles. The van der Waals surface area contributed by atoms with Gasteiger partial charge in [-0.15, -0.1) is 0 Å². The van der Waals surface area contributed by atoms with Gasteiger partial charge in [0, 0.05) is 31.6 Å². The summed E-state index contributed by atoms with van der Waals surface area (Å²) >= 11 is 0. The molecule has 1 N–H and O–H groups in total. The van der Waals surface area contributed by atoms with E-state index in [-0.39, 0.29) is 12.1 Å². The van der Waals surface area contributed by atoms with E-state index in [1.807, 2.05) is 25.7 Å². The molecule has 0 bridgehead atoms. The lowest BCUT2D eigenvalue weighted by molar-refractivity contribution is 0.0133. The van der Waals surface area contributed by atoms with Crippen LogP contribution >= 0.6 is 0 Å². The van der Waals surface area contributed by atoms with Gasteiger partial charge in [-0.1, -0.05) is 26.0 Å². The first-order chi connectivity index (χ1) is 13.7. The Labute approximate surface area is 173 Å². The maximum Gasteiger partial charge on any atom is 0.410 e. The molecule has 6 heteroatoms. The van der Waals surface area contributed by atoms with Crippen LogP contribution in [0.3, 0.4) is 0 Å². The van der Waals surface area contributed by atoms with Gasteiger partial charge in [0.15, 0.2) is 0 Å². The lowest BCUT2D eigenvalue weighted by atomic mass is 9.93. The largest absolute Gasteiger partial charge is 0.444 e. The molecule has 0 radical (unpaired) electrons. The zero-order valence-electron chi connectivity index (χ0n) is 18.4. The van der Waals surface area contributed by atoms with E-state index < -0.39 is 5.60 Å². The third-order valence-corrected chi connectivity index (χ3v) is 5.77. The Balaban J connectivity index is 1.72. The molecule has 2 aliphatic heterocycles. The van der Waals surface area contributed by atoms with Crippen molar-refractivity contribution in [3.05, 3.63) is 46.3 Å². The number of carbonyl (C=O) groups is 1. The first kappa shape index (κ1) is 20.0. The third-order valence-electron chi connectivity index (χ3n) is 5.77. The van der Waals surface area contributed by atoms with Gasteiger partial charge in [-0.2, -0.15) is 5.10 Å². The quantitative estimate of drug-likeness (QED) is 0.825. The molecule has 2 aromatic rings. The van der Waals surface area contributed by atoms with Crippen LogP contribution < -0.4 is 5.32 Å². The van der Waals surface area contributed by atoms with E-state index in [9.17, 15) is 4.79 Å². The fourth-order valence-corrected chi connectivity index (χ4v) is 4.36. The average molecular weight is 397 g/mol. The molecular formula is C23H32N4O2. The van der Waals surface area contributed by atoms with E-state index in [1.165, 1.54) is 22.4 Å². The van der Waals surface area contributed by atoms with Gasteiger partial charge in [-0.05, 0) is 50.8 Å². The molecule has 0 aliphatic carbocycles. The van der Waals surface area contributed by atoms with Crippen LogP contribution in [0.1, 0.15) is 74.7 Å². The van der Waals surface area contributed by atoms with E-state index in [0.717, 1.165) is 30.9 Å². The number of amides is 1. The molecule has 1 amide bonds. The molecule has 6 nitrogen and oxygen atoms in total. The van der Waals surface area contributed by atoms with E-state index in [4.69, 9.17) is 9.84 Å².